The predicted octanol–water partition coefficient (Wildman–Crippen LogP) is 0.417. The first-order chi connectivity index (χ1) is 20.0. The number of hydrogen-bond donors (Lipinski definition) is 5. The number of ether oxygens (including phenoxy) is 4. The number of benzene rings is 1. The molecule has 1 aromatic rings. The predicted molar refractivity (Wildman–Crippen MR) is 147 cm³/mol. The summed E-state index contributed by atoms with van der Waals surface area (Å²) in [5, 5.41) is 59.9. The van der Waals surface area contributed by atoms with Crippen molar-refractivity contribution in [1.82, 2.24) is 0 Å². The Balaban J connectivity index is 1.85. The van der Waals surface area contributed by atoms with E-state index in [0.29, 0.717) is 5.57 Å². The molecule has 0 amide bonds. The van der Waals surface area contributed by atoms with E-state index in [1.54, 1.807) is 39.0 Å². The van der Waals surface area contributed by atoms with Crippen molar-refractivity contribution >= 4 is 17.9 Å². The Morgan fingerprint density at radius 1 is 1.02 bits per heavy atom. The van der Waals surface area contributed by atoms with Gasteiger partial charge in [0, 0.05) is 32.1 Å². The second-order valence-corrected chi connectivity index (χ2v) is 12.9. The molecular formula is C31H40O12. The van der Waals surface area contributed by atoms with Gasteiger partial charge in [-0.15, -0.1) is 0 Å². The number of aliphatic hydroxyl groups is 5. The molecule has 1 aliphatic heterocycles. The molecule has 2 saturated carbocycles. The van der Waals surface area contributed by atoms with Crippen LogP contribution in [0.1, 0.15) is 57.8 Å². The molecule has 12 heteroatoms. The van der Waals surface area contributed by atoms with Crippen molar-refractivity contribution < 1.29 is 58.9 Å². The third-order valence-corrected chi connectivity index (χ3v) is 10.4. The molecule has 10 atom stereocenters. The van der Waals surface area contributed by atoms with Crippen molar-refractivity contribution in [2.75, 3.05) is 13.2 Å². The van der Waals surface area contributed by atoms with E-state index in [1.165, 1.54) is 12.1 Å². The molecule has 43 heavy (non-hydrogen) atoms. The van der Waals surface area contributed by atoms with Crippen molar-refractivity contribution in [3.05, 3.63) is 47.0 Å². The average molecular weight is 605 g/mol. The summed E-state index contributed by atoms with van der Waals surface area (Å²) < 4.78 is 23.3. The van der Waals surface area contributed by atoms with Crippen LogP contribution in [0.2, 0.25) is 0 Å². The highest BCUT2D eigenvalue weighted by atomic mass is 16.6. The molecule has 1 saturated heterocycles. The quantitative estimate of drug-likeness (QED) is 0.177. The van der Waals surface area contributed by atoms with Crippen molar-refractivity contribution in [3.63, 3.8) is 0 Å². The lowest BCUT2D eigenvalue weighted by molar-refractivity contribution is -0.371. The highest BCUT2D eigenvalue weighted by Gasteiger charge is 2.79. The molecule has 2 bridgehead atoms. The molecule has 1 aromatic carbocycles. The van der Waals surface area contributed by atoms with E-state index in [9.17, 15) is 39.9 Å². The maximum Gasteiger partial charge on any atom is 0.338 e. The van der Waals surface area contributed by atoms with E-state index < -0.39 is 89.1 Å². The van der Waals surface area contributed by atoms with Crippen LogP contribution < -0.4 is 0 Å². The summed E-state index contributed by atoms with van der Waals surface area (Å²) in [6.45, 7) is 6.10. The third-order valence-electron chi connectivity index (χ3n) is 10.4. The van der Waals surface area contributed by atoms with Gasteiger partial charge in [0.1, 0.15) is 30.5 Å². The molecule has 12 nitrogen and oxygen atoms in total. The van der Waals surface area contributed by atoms with Crippen molar-refractivity contribution in [2.24, 2.45) is 16.7 Å². The molecule has 0 aromatic heterocycles. The van der Waals surface area contributed by atoms with Crippen LogP contribution in [0, 0.1) is 16.7 Å². The maximum absolute atomic E-state index is 13.8. The minimum Gasteiger partial charge on any atom is -0.465 e. The molecule has 0 radical (unpaired) electrons. The lowest BCUT2D eigenvalue weighted by Gasteiger charge is -2.69. The summed E-state index contributed by atoms with van der Waals surface area (Å²) >= 11 is 0. The molecule has 3 aliphatic carbocycles. The summed E-state index contributed by atoms with van der Waals surface area (Å²) in [5.74, 6) is -3.88. The topological polar surface area (TPSA) is 189 Å². The zero-order chi connectivity index (χ0) is 31.7. The van der Waals surface area contributed by atoms with Gasteiger partial charge in [-0.1, -0.05) is 32.0 Å². The van der Waals surface area contributed by atoms with Gasteiger partial charge in [0.25, 0.3) is 0 Å². The van der Waals surface area contributed by atoms with E-state index >= 15 is 0 Å². The Labute approximate surface area is 249 Å². The monoisotopic (exact) mass is 604 g/mol. The first-order valence-corrected chi connectivity index (χ1v) is 14.4. The highest BCUT2D eigenvalue weighted by molar-refractivity contribution is 5.89. The van der Waals surface area contributed by atoms with Crippen LogP contribution in [0.15, 0.2) is 41.5 Å². The standard InChI is InChI=1S/C31H40O12/c1-15-19(34)12-31(39)26(42-27(38)18-9-7-6-8-10-18)24-29(13-40-16(2)32,25(37)23(36)22(15)28(31,4)5)20(35)11-21-30(24,14-41-21)43-17(3)33/h6-10,19-21,23-26,34-37,39H,11-14H2,1-5H3/t19-,20+,21+,23+,24-,25+,26-,29+,30-,31+/m0/s1. The van der Waals surface area contributed by atoms with Gasteiger partial charge < -0.3 is 44.5 Å². The van der Waals surface area contributed by atoms with Crippen LogP contribution in [0.25, 0.3) is 0 Å². The van der Waals surface area contributed by atoms with E-state index in [4.69, 9.17) is 18.9 Å². The Morgan fingerprint density at radius 3 is 2.23 bits per heavy atom. The normalized spacial score (nSPS) is 41.4. The first-order valence-electron chi connectivity index (χ1n) is 14.4. The fourth-order valence-corrected chi connectivity index (χ4v) is 8.18. The van der Waals surface area contributed by atoms with Gasteiger partial charge in [-0.05, 0) is 30.2 Å². The Morgan fingerprint density at radius 2 is 1.67 bits per heavy atom. The van der Waals surface area contributed by atoms with E-state index in [1.807, 2.05) is 0 Å². The number of aliphatic hydroxyl groups excluding tert-OH is 4. The number of carbonyl (C=O) groups excluding carboxylic acids is 3. The van der Waals surface area contributed by atoms with Gasteiger partial charge in [-0.25, -0.2) is 4.79 Å². The van der Waals surface area contributed by atoms with Crippen LogP contribution >= 0.6 is 0 Å². The van der Waals surface area contributed by atoms with Gasteiger partial charge in [-0.2, -0.15) is 0 Å². The van der Waals surface area contributed by atoms with Crippen LogP contribution in [0.5, 0.6) is 0 Å². The SMILES string of the molecule is CC(=O)OC[C@@]12[C@H](O)C[C@H]3OC[C@@]3(OC(C)=O)[C@H]1[C@H](OC(=O)c1ccccc1)[C@]1(O)C[C@H](O)C(C)=C([C@@H](O)[C@H]2O)C1(C)C. The van der Waals surface area contributed by atoms with Gasteiger partial charge >= 0.3 is 17.9 Å². The smallest absolute Gasteiger partial charge is 0.338 e. The summed E-state index contributed by atoms with van der Waals surface area (Å²) in [4.78, 5) is 38.6. The molecule has 5 rings (SSSR count). The molecular weight excluding hydrogens is 564 g/mol. The molecule has 4 aliphatic rings. The van der Waals surface area contributed by atoms with Crippen molar-refractivity contribution in [1.29, 1.82) is 0 Å². The third kappa shape index (κ3) is 4.45. The fourth-order valence-electron chi connectivity index (χ4n) is 8.18. The lowest BCUT2D eigenvalue weighted by Crippen LogP contribution is -2.83. The van der Waals surface area contributed by atoms with Gasteiger partial charge in [-0.3, -0.25) is 9.59 Å². The Bertz CT molecular complexity index is 1330. The number of esters is 3. The number of carbonyl (C=O) groups is 3. The van der Waals surface area contributed by atoms with Crippen LogP contribution in [-0.2, 0) is 28.5 Å². The lowest BCUT2D eigenvalue weighted by atomic mass is 9.44. The number of rotatable bonds is 5. The van der Waals surface area contributed by atoms with Crippen molar-refractivity contribution in [2.45, 2.75) is 95.3 Å². The molecule has 1 heterocycles. The molecule has 0 unspecified atom stereocenters. The van der Waals surface area contributed by atoms with E-state index in [2.05, 4.69) is 0 Å². The average Bonchev–Trinajstić information content (AvgIpc) is 2.93. The van der Waals surface area contributed by atoms with Gasteiger partial charge in [0.15, 0.2) is 5.60 Å². The van der Waals surface area contributed by atoms with Crippen LogP contribution in [-0.4, -0.2) is 104 Å². The van der Waals surface area contributed by atoms with Crippen molar-refractivity contribution in [3.8, 4) is 0 Å². The zero-order valence-corrected chi connectivity index (χ0v) is 24.9. The highest BCUT2D eigenvalue weighted by Crippen LogP contribution is 2.65. The minimum absolute atomic E-state index is 0.0865. The zero-order valence-electron chi connectivity index (χ0n) is 24.9. The first kappa shape index (κ1) is 31.6. The van der Waals surface area contributed by atoms with Crippen LogP contribution in [0.4, 0.5) is 0 Å². The molecule has 3 fully saturated rings. The van der Waals surface area contributed by atoms with Gasteiger partial charge in [0.05, 0.1) is 41.8 Å². The Hall–Kier alpha value is -2.87. The second kappa shape index (κ2) is 10.6. The fraction of sp³-hybridized carbons (Fsp3) is 0.645. The summed E-state index contributed by atoms with van der Waals surface area (Å²) in [7, 11) is 0. The Kier molecular flexibility index (Phi) is 7.81. The summed E-state index contributed by atoms with van der Waals surface area (Å²) in [5.41, 5.74) is -6.88. The molecule has 236 valence electrons. The van der Waals surface area contributed by atoms with E-state index in [-0.39, 0.29) is 30.6 Å². The minimum atomic E-state index is -2.18. The molecule has 0 spiro atoms. The number of hydrogen-bond acceptors (Lipinski definition) is 12. The van der Waals surface area contributed by atoms with Gasteiger partial charge in [0.2, 0.25) is 0 Å². The maximum atomic E-state index is 13.8. The summed E-state index contributed by atoms with van der Waals surface area (Å²) in [6, 6.07) is 7.94. The van der Waals surface area contributed by atoms with Crippen LogP contribution in [0.3, 0.4) is 0 Å². The molecule has 5 N–H and O–H groups in total. The van der Waals surface area contributed by atoms with E-state index in [0.717, 1.165) is 13.8 Å². The summed E-state index contributed by atoms with van der Waals surface area (Å²) in [6.07, 6.45) is -9.82. The second-order valence-electron chi connectivity index (χ2n) is 12.9. The number of fused-ring (bicyclic) bond motifs is 5. The largest absolute Gasteiger partial charge is 0.465 e.